The maximum absolute atomic E-state index is 13.1. The van der Waals surface area contributed by atoms with Gasteiger partial charge in [0.1, 0.15) is 12.3 Å². The molecular weight excluding hydrogens is 161 g/mol. The molecule has 2 atom stereocenters. The van der Waals surface area contributed by atoms with Crippen molar-refractivity contribution in [3.8, 4) is 0 Å². The van der Waals surface area contributed by atoms with Crippen LogP contribution in [0.3, 0.4) is 0 Å². The second kappa shape index (κ2) is 3.56. The molecule has 0 saturated heterocycles. The van der Waals surface area contributed by atoms with Gasteiger partial charge in [-0.1, -0.05) is 12.2 Å². The van der Waals surface area contributed by atoms with E-state index in [9.17, 15) is 14.3 Å². The third kappa shape index (κ3) is 1.75. The van der Waals surface area contributed by atoms with Crippen LogP contribution in [0.2, 0.25) is 0 Å². The number of carboxylic acid groups (broad SMARTS) is 1. The standard InChI is InChI=1S/C8H12FNO2/c1-10(8(11)12)7-5-3-2-4-6(7)9/h2-3,6-7H,4-5H2,1H3,(H,11,12)/p-1. The van der Waals surface area contributed by atoms with Gasteiger partial charge in [-0.3, -0.25) is 0 Å². The minimum Gasteiger partial charge on any atom is -0.530 e. The van der Waals surface area contributed by atoms with E-state index in [0.717, 1.165) is 4.90 Å². The first-order valence-electron chi connectivity index (χ1n) is 3.86. The van der Waals surface area contributed by atoms with Crippen LogP contribution in [0, 0.1) is 0 Å². The van der Waals surface area contributed by atoms with E-state index >= 15 is 0 Å². The van der Waals surface area contributed by atoms with Gasteiger partial charge in [-0.05, 0) is 12.8 Å². The number of carbonyl (C=O) groups is 1. The van der Waals surface area contributed by atoms with Gasteiger partial charge in [-0.15, -0.1) is 0 Å². The summed E-state index contributed by atoms with van der Waals surface area (Å²) >= 11 is 0. The number of hydrogen-bond donors (Lipinski definition) is 0. The normalized spacial score (nSPS) is 28.5. The minimum absolute atomic E-state index is 0.294. The molecule has 0 radical (unpaired) electrons. The molecule has 0 bridgehead atoms. The van der Waals surface area contributed by atoms with Crippen LogP contribution < -0.4 is 5.11 Å². The molecule has 0 fully saturated rings. The highest BCUT2D eigenvalue weighted by Crippen LogP contribution is 2.19. The average Bonchev–Trinajstić information content (AvgIpc) is 2.04. The number of carbonyl (C=O) groups excluding carboxylic acids is 1. The van der Waals surface area contributed by atoms with Gasteiger partial charge in [0.15, 0.2) is 0 Å². The molecule has 1 aliphatic rings. The molecular formula is C8H11FNO2-. The Balaban J connectivity index is 2.61. The van der Waals surface area contributed by atoms with E-state index in [1.165, 1.54) is 7.05 Å². The molecule has 12 heavy (non-hydrogen) atoms. The van der Waals surface area contributed by atoms with Gasteiger partial charge >= 0.3 is 0 Å². The Morgan fingerprint density at radius 1 is 1.58 bits per heavy atom. The van der Waals surface area contributed by atoms with Gasteiger partial charge in [0, 0.05) is 7.05 Å². The van der Waals surface area contributed by atoms with Crippen LogP contribution in [-0.4, -0.2) is 30.3 Å². The molecule has 4 heteroatoms. The van der Waals surface area contributed by atoms with Crippen molar-refractivity contribution < 1.29 is 14.3 Å². The summed E-state index contributed by atoms with van der Waals surface area (Å²) < 4.78 is 13.1. The fraction of sp³-hybridized carbons (Fsp3) is 0.625. The lowest BCUT2D eigenvalue weighted by molar-refractivity contribution is -0.267. The van der Waals surface area contributed by atoms with Crippen molar-refractivity contribution in [1.82, 2.24) is 4.90 Å². The summed E-state index contributed by atoms with van der Waals surface area (Å²) in [4.78, 5) is 11.3. The molecule has 0 saturated carbocycles. The van der Waals surface area contributed by atoms with Gasteiger partial charge in [0.05, 0.1) is 6.04 Å². The SMILES string of the molecule is CN(C(=O)[O-])C1CC=CCC1F. The summed E-state index contributed by atoms with van der Waals surface area (Å²) in [6, 6.07) is -0.569. The van der Waals surface area contributed by atoms with E-state index in [4.69, 9.17) is 0 Å². The Labute approximate surface area is 70.5 Å². The molecule has 0 aromatic carbocycles. The number of hydrogen-bond acceptors (Lipinski definition) is 2. The van der Waals surface area contributed by atoms with Crippen LogP contribution in [0.25, 0.3) is 0 Å². The van der Waals surface area contributed by atoms with Crippen molar-refractivity contribution in [2.45, 2.75) is 25.1 Å². The first-order chi connectivity index (χ1) is 5.63. The van der Waals surface area contributed by atoms with Gasteiger partial charge in [-0.2, -0.15) is 0 Å². The number of nitrogens with zero attached hydrogens (tertiary/aromatic N) is 1. The monoisotopic (exact) mass is 172 g/mol. The van der Waals surface area contributed by atoms with Crippen LogP contribution >= 0.6 is 0 Å². The maximum atomic E-state index is 13.1. The van der Waals surface area contributed by atoms with Gasteiger partial charge in [0.2, 0.25) is 0 Å². The van der Waals surface area contributed by atoms with Crippen molar-refractivity contribution in [3.05, 3.63) is 12.2 Å². The summed E-state index contributed by atoms with van der Waals surface area (Å²) in [6.45, 7) is 0. The number of amides is 1. The molecule has 1 aliphatic carbocycles. The molecule has 0 aromatic rings. The molecule has 2 unspecified atom stereocenters. The van der Waals surface area contributed by atoms with Crippen molar-refractivity contribution in [1.29, 1.82) is 0 Å². The summed E-state index contributed by atoms with van der Waals surface area (Å²) in [6.07, 6.45) is 1.83. The summed E-state index contributed by atoms with van der Waals surface area (Å²) in [5.41, 5.74) is 0. The molecule has 0 heterocycles. The highest BCUT2D eigenvalue weighted by atomic mass is 19.1. The Kier molecular flexibility index (Phi) is 2.68. The Bertz CT molecular complexity index is 205. The van der Waals surface area contributed by atoms with Crippen LogP contribution in [0.15, 0.2) is 12.2 Å². The molecule has 0 aliphatic heterocycles. The maximum Gasteiger partial charge on any atom is 0.137 e. The number of halogens is 1. The van der Waals surface area contributed by atoms with E-state index in [0.29, 0.717) is 12.8 Å². The lowest BCUT2D eigenvalue weighted by Gasteiger charge is -2.33. The van der Waals surface area contributed by atoms with Crippen LogP contribution in [0.1, 0.15) is 12.8 Å². The van der Waals surface area contributed by atoms with E-state index < -0.39 is 18.3 Å². The highest BCUT2D eigenvalue weighted by molar-refractivity contribution is 5.62. The van der Waals surface area contributed by atoms with Gasteiger partial charge < -0.3 is 14.8 Å². The second-order valence-corrected chi connectivity index (χ2v) is 2.90. The fourth-order valence-corrected chi connectivity index (χ4v) is 1.30. The Hall–Kier alpha value is -1.06. The summed E-state index contributed by atoms with van der Waals surface area (Å²) in [7, 11) is 1.34. The fourth-order valence-electron chi connectivity index (χ4n) is 1.30. The molecule has 0 N–H and O–H groups in total. The third-order valence-corrected chi connectivity index (χ3v) is 2.11. The zero-order valence-electron chi connectivity index (χ0n) is 6.87. The summed E-state index contributed by atoms with van der Waals surface area (Å²) in [5, 5.41) is 10.4. The quantitative estimate of drug-likeness (QED) is 0.534. The summed E-state index contributed by atoms with van der Waals surface area (Å²) in [5.74, 6) is 0. The van der Waals surface area contributed by atoms with E-state index in [1.54, 1.807) is 12.2 Å². The van der Waals surface area contributed by atoms with Crippen molar-refractivity contribution in [3.63, 3.8) is 0 Å². The van der Waals surface area contributed by atoms with Crippen LogP contribution in [0.4, 0.5) is 9.18 Å². The highest BCUT2D eigenvalue weighted by Gasteiger charge is 2.25. The van der Waals surface area contributed by atoms with E-state index in [-0.39, 0.29) is 0 Å². The van der Waals surface area contributed by atoms with Crippen molar-refractivity contribution >= 4 is 6.09 Å². The topological polar surface area (TPSA) is 43.4 Å². The molecule has 1 amide bonds. The molecule has 3 nitrogen and oxygen atoms in total. The molecule has 0 spiro atoms. The molecule has 1 rings (SSSR count). The number of allylic oxidation sites excluding steroid dienone is 1. The Morgan fingerprint density at radius 2 is 2.17 bits per heavy atom. The lowest BCUT2D eigenvalue weighted by atomic mass is 9.99. The smallest absolute Gasteiger partial charge is 0.137 e. The lowest BCUT2D eigenvalue weighted by Crippen LogP contribution is -2.49. The molecule has 0 aromatic heterocycles. The largest absolute Gasteiger partial charge is 0.530 e. The first kappa shape index (κ1) is 9.03. The predicted molar refractivity (Wildman–Crippen MR) is 40.2 cm³/mol. The van der Waals surface area contributed by atoms with Crippen molar-refractivity contribution in [2.75, 3.05) is 7.05 Å². The minimum atomic E-state index is -1.32. The number of alkyl halides is 1. The van der Waals surface area contributed by atoms with E-state index in [1.807, 2.05) is 0 Å². The molecule has 68 valence electrons. The van der Waals surface area contributed by atoms with Crippen molar-refractivity contribution in [2.24, 2.45) is 0 Å². The van der Waals surface area contributed by atoms with E-state index in [2.05, 4.69) is 0 Å². The van der Waals surface area contributed by atoms with Gasteiger partial charge in [-0.25, -0.2) is 4.39 Å². The predicted octanol–water partition coefficient (Wildman–Crippen LogP) is 0.318. The Morgan fingerprint density at radius 3 is 2.67 bits per heavy atom. The third-order valence-electron chi connectivity index (χ3n) is 2.11. The number of rotatable bonds is 1. The zero-order valence-corrected chi connectivity index (χ0v) is 6.87. The van der Waals surface area contributed by atoms with Crippen LogP contribution in [-0.2, 0) is 0 Å². The van der Waals surface area contributed by atoms with Gasteiger partial charge in [0.25, 0.3) is 0 Å². The van der Waals surface area contributed by atoms with Crippen LogP contribution in [0.5, 0.6) is 0 Å². The second-order valence-electron chi connectivity index (χ2n) is 2.90. The first-order valence-corrected chi connectivity index (χ1v) is 3.86. The zero-order chi connectivity index (χ0) is 9.14. The average molecular weight is 172 g/mol.